The van der Waals surface area contributed by atoms with Gasteiger partial charge in [-0.25, -0.2) is 0 Å². The normalized spacial score (nSPS) is 21.9. The number of anilines is 1. The fourth-order valence-corrected chi connectivity index (χ4v) is 5.68. The summed E-state index contributed by atoms with van der Waals surface area (Å²) in [4.78, 5) is 14.3. The summed E-state index contributed by atoms with van der Waals surface area (Å²) in [6.45, 7) is 8.85. The molecule has 0 fully saturated rings. The van der Waals surface area contributed by atoms with Gasteiger partial charge in [0.2, 0.25) is 0 Å². The number of hydrogen-bond acceptors (Lipinski definition) is 4. The van der Waals surface area contributed by atoms with Crippen LogP contribution in [0, 0.1) is 18.3 Å². The van der Waals surface area contributed by atoms with Gasteiger partial charge < -0.3 is 15.7 Å². The molecule has 1 aliphatic carbocycles. The molecule has 1 aromatic heterocycles. The lowest BCUT2D eigenvalue weighted by Gasteiger charge is -2.36. The van der Waals surface area contributed by atoms with Crippen LogP contribution in [0.4, 0.5) is 5.00 Å². The third-order valence-electron chi connectivity index (χ3n) is 6.64. The Morgan fingerprint density at radius 2 is 2.07 bits per heavy atom. The number of phenols is 1. The summed E-state index contributed by atoms with van der Waals surface area (Å²) in [7, 11) is 0. The van der Waals surface area contributed by atoms with Crippen LogP contribution in [-0.4, -0.2) is 11.0 Å². The summed E-state index contributed by atoms with van der Waals surface area (Å²) in [6.07, 6.45) is 3.96. The van der Waals surface area contributed by atoms with Crippen molar-refractivity contribution in [3.05, 3.63) is 45.3 Å². The van der Waals surface area contributed by atoms with Crippen LogP contribution < -0.4 is 10.6 Å². The van der Waals surface area contributed by atoms with Crippen molar-refractivity contribution in [3.8, 4) is 5.75 Å². The first-order valence-corrected chi connectivity index (χ1v) is 10.6. The molecule has 0 bridgehead atoms. The van der Waals surface area contributed by atoms with Gasteiger partial charge in [-0.2, -0.15) is 0 Å². The summed E-state index contributed by atoms with van der Waals surface area (Å²) in [5, 5.41) is 17.9. The van der Waals surface area contributed by atoms with E-state index in [1.807, 2.05) is 25.1 Å². The number of aryl methyl sites for hydroxylation is 1. The first-order chi connectivity index (χ1) is 12.8. The minimum absolute atomic E-state index is 0.0274. The molecule has 0 saturated carbocycles. The maximum atomic E-state index is 12.9. The standard InChI is InChI=1S/C22H28N2O2S/c1-5-22(3,4)13-9-10-14-16(11-13)27-21-17(14)20(26)23-19(24-21)15-8-6-7-12(2)18(15)25/h6-8,13,19,24-25H,5,9-11H2,1-4H3,(H,23,26)/t13-,19+/m1/s1. The van der Waals surface area contributed by atoms with Gasteiger partial charge in [-0.1, -0.05) is 45.4 Å². The molecule has 1 aliphatic heterocycles. The van der Waals surface area contributed by atoms with E-state index in [-0.39, 0.29) is 11.7 Å². The highest BCUT2D eigenvalue weighted by atomic mass is 32.1. The predicted octanol–water partition coefficient (Wildman–Crippen LogP) is 5.16. The average molecular weight is 385 g/mol. The van der Waals surface area contributed by atoms with Crippen molar-refractivity contribution in [1.29, 1.82) is 0 Å². The Morgan fingerprint density at radius 1 is 1.30 bits per heavy atom. The Hall–Kier alpha value is -2.01. The molecule has 5 heteroatoms. The summed E-state index contributed by atoms with van der Waals surface area (Å²) < 4.78 is 0. The van der Waals surface area contributed by atoms with E-state index in [2.05, 4.69) is 31.4 Å². The molecular weight excluding hydrogens is 356 g/mol. The van der Waals surface area contributed by atoms with E-state index in [4.69, 9.17) is 0 Å². The highest BCUT2D eigenvalue weighted by molar-refractivity contribution is 7.16. The Morgan fingerprint density at radius 3 is 2.81 bits per heavy atom. The number of amides is 1. The van der Waals surface area contributed by atoms with E-state index in [9.17, 15) is 9.90 Å². The monoisotopic (exact) mass is 384 g/mol. The Bertz CT molecular complexity index is 900. The fourth-order valence-electron chi connectivity index (χ4n) is 4.32. The van der Waals surface area contributed by atoms with Crippen LogP contribution in [0.15, 0.2) is 18.2 Å². The Balaban J connectivity index is 1.66. The first-order valence-electron chi connectivity index (χ1n) is 9.82. The van der Waals surface area contributed by atoms with E-state index in [1.165, 1.54) is 16.9 Å². The van der Waals surface area contributed by atoms with Gasteiger partial charge in [-0.3, -0.25) is 4.79 Å². The van der Waals surface area contributed by atoms with Crippen LogP contribution >= 0.6 is 11.3 Å². The molecule has 1 aromatic carbocycles. The van der Waals surface area contributed by atoms with E-state index in [0.29, 0.717) is 16.9 Å². The molecule has 1 amide bonds. The highest BCUT2D eigenvalue weighted by Gasteiger charge is 2.37. The van der Waals surface area contributed by atoms with Crippen molar-refractivity contribution in [2.45, 2.75) is 59.5 Å². The largest absolute Gasteiger partial charge is 0.507 e. The van der Waals surface area contributed by atoms with E-state index < -0.39 is 6.17 Å². The zero-order valence-corrected chi connectivity index (χ0v) is 17.3. The maximum Gasteiger partial charge on any atom is 0.256 e. The number of para-hydroxylation sites is 1. The van der Waals surface area contributed by atoms with Crippen LogP contribution in [0.3, 0.4) is 0 Å². The molecule has 0 unspecified atom stereocenters. The third-order valence-corrected chi connectivity index (χ3v) is 7.83. The quantitative estimate of drug-likeness (QED) is 0.685. The molecular formula is C22H28N2O2S. The van der Waals surface area contributed by atoms with Crippen LogP contribution in [0.2, 0.25) is 0 Å². The van der Waals surface area contributed by atoms with Gasteiger partial charge in [0.25, 0.3) is 5.91 Å². The van der Waals surface area contributed by atoms with E-state index >= 15 is 0 Å². The van der Waals surface area contributed by atoms with Gasteiger partial charge in [0.15, 0.2) is 0 Å². The molecule has 2 heterocycles. The van der Waals surface area contributed by atoms with Crippen molar-refractivity contribution >= 4 is 22.2 Å². The van der Waals surface area contributed by atoms with Crippen LogP contribution in [-0.2, 0) is 12.8 Å². The SMILES string of the molecule is CCC(C)(C)[C@@H]1CCc2c(sc3c2C(=O)N[C@H](c2cccc(C)c2O)N3)C1. The molecule has 2 atom stereocenters. The number of benzene rings is 1. The first kappa shape index (κ1) is 18.4. The molecule has 2 aromatic rings. The van der Waals surface area contributed by atoms with Crippen molar-refractivity contribution in [2.24, 2.45) is 11.3 Å². The van der Waals surface area contributed by atoms with Gasteiger partial charge in [0, 0.05) is 10.4 Å². The predicted molar refractivity (Wildman–Crippen MR) is 111 cm³/mol. The molecule has 144 valence electrons. The Labute approximate surface area is 165 Å². The number of hydrogen-bond donors (Lipinski definition) is 3. The lowest BCUT2D eigenvalue weighted by atomic mass is 9.69. The number of thiophene rings is 1. The molecule has 0 radical (unpaired) electrons. The van der Waals surface area contributed by atoms with Crippen molar-refractivity contribution in [1.82, 2.24) is 5.32 Å². The Kier molecular flexibility index (Phi) is 4.46. The molecule has 2 aliphatic rings. The van der Waals surface area contributed by atoms with Crippen molar-refractivity contribution in [2.75, 3.05) is 5.32 Å². The molecule has 4 rings (SSSR count). The van der Waals surface area contributed by atoms with E-state index in [1.54, 1.807) is 11.3 Å². The topological polar surface area (TPSA) is 61.4 Å². The van der Waals surface area contributed by atoms with Gasteiger partial charge in [0.1, 0.15) is 16.9 Å². The average Bonchev–Trinajstić information content (AvgIpc) is 3.01. The second-order valence-electron chi connectivity index (χ2n) is 8.55. The molecule has 0 spiro atoms. The number of fused-ring (bicyclic) bond motifs is 3. The number of rotatable bonds is 3. The summed E-state index contributed by atoms with van der Waals surface area (Å²) >= 11 is 1.73. The number of carbonyl (C=O) groups excluding carboxylic acids is 1. The lowest BCUT2D eigenvalue weighted by molar-refractivity contribution is 0.0934. The smallest absolute Gasteiger partial charge is 0.256 e. The van der Waals surface area contributed by atoms with Crippen molar-refractivity contribution in [3.63, 3.8) is 0 Å². The van der Waals surface area contributed by atoms with Crippen molar-refractivity contribution < 1.29 is 9.90 Å². The zero-order valence-electron chi connectivity index (χ0n) is 16.5. The molecule has 0 saturated heterocycles. The van der Waals surface area contributed by atoms with Gasteiger partial charge in [0.05, 0.1) is 5.56 Å². The number of nitrogens with one attached hydrogen (secondary N) is 2. The zero-order chi connectivity index (χ0) is 19.3. The second-order valence-corrected chi connectivity index (χ2v) is 9.66. The summed E-state index contributed by atoms with van der Waals surface area (Å²) in [6, 6.07) is 5.64. The number of aromatic hydroxyl groups is 1. The highest BCUT2D eigenvalue weighted by Crippen LogP contribution is 2.47. The summed E-state index contributed by atoms with van der Waals surface area (Å²) in [5.41, 5.74) is 3.91. The third kappa shape index (κ3) is 3.02. The van der Waals surface area contributed by atoms with Gasteiger partial charge >= 0.3 is 0 Å². The maximum absolute atomic E-state index is 12.9. The van der Waals surface area contributed by atoms with Crippen LogP contribution in [0.25, 0.3) is 0 Å². The van der Waals surface area contributed by atoms with Crippen LogP contribution in [0.1, 0.15) is 71.7 Å². The molecule has 4 nitrogen and oxygen atoms in total. The van der Waals surface area contributed by atoms with Gasteiger partial charge in [-0.15, -0.1) is 11.3 Å². The number of phenolic OH excluding ortho intramolecular Hbond substituents is 1. The second kappa shape index (κ2) is 6.55. The minimum atomic E-state index is -0.395. The minimum Gasteiger partial charge on any atom is -0.507 e. The molecule has 27 heavy (non-hydrogen) atoms. The van der Waals surface area contributed by atoms with E-state index in [0.717, 1.165) is 35.4 Å². The lowest BCUT2D eigenvalue weighted by Crippen LogP contribution is -2.38. The molecule has 3 N–H and O–H groups in total. The van der Waals surface area contributed by atoms with Gasteiger partial charge in [-0.05, 0) is 48.6 Å². The van der Waals surface area contributed by atoms with Crippen LogP contribution in [0.5, 0.6) is 5.75 Å². The fraction of sp³-hybridized carbons (Fsp3) is 0.500. The number of carbonyl (C=O) groups is 1. The summed E-state index contributed by atoms with van der Waals surface area (Å²) in [5.74, 6) is 0.875.